The summed E-state index contributed by atoms with van der Waals surface area (Å²) < 4.78 is 16.3. The summed E-state index contributed by atoms with van der Waals surface area (Å²) >= 11 is 7.55. The SMILES string of the molecule is COC[C@@H]1c2cnc(s2)N(NC(C(=O)NC(=O)OC(C)(C)C)C(OC(N)=O)C2CCC(C)CC2)C(=O)[C@H]2C=CC(Cl)=CN21. The molecule has 43 heavy (non-hydrogen) atoms. The van der Waals surface area contributed by atoms with E-state index in [9.17, 15) is 19.2 Å². The number of nitrogens with one attached hydrogen (secondary N) is 2. The maximum Gasteiger partial charge on any atom is 0.414 e. The second kappa shape index (κ2) is 13.6. The summed E-state index contributed by atoms with van der Waals surface area (Å²) in [5, 5.41) is 4.07. The van der Waals surface area contributed by atoms with Gasteiger partial charge in [0.1, 0.15) is 23.8 Å². The third kappa shape index (κ3) is 8.05. The first-order valence-corrected chi connectivity index (χ1v) is 15.3. The van der Waals surface area contributed by atoms with E-state index in [-0.39, 0.29) is 23.7 Å². The van der Waals surface area contributed by atoms with Crippen LogP contribution in [0.2, 0.25) is 0 Å². The van der Waals surface area contributed by atoms with Crippen molar-refractivity contribution >= 4 is 52.1 Å². The molecule has 1 aliphatic carbocycles. The number of rotatable bonds is 8. The number of ether oxygens (including phenoxy) is 3. The lowest BCUT2D eigenvalue weighted by molar-refractivity contribution is -0.128. The second-order valence-corrected chi connectivity index (χ2v) is 13.5. The van der Waals surface area contributed by atoms with Crippen molar-refractivity contribution in [3.63, 3.8) is 0 Å². The van der Waals surface area contributed by atoms with Gasteiger partial charge in [0.2, 0.25) is 5.13 Å². The molecule has 1 aromatic rings. The van der Waals surface area contributed by atoms with Gasteiger partial charge >= 0.3 is 12.2 Å². The molecule has 4 N–H and O–H groups in total. The van der Waals surface area contributed by atoms with E-state index in [2.05, 4.69) is 22.7 Å². The number of hydrogen-bond acceptors (Lipinski definition) is 11. The van der Waals surface area contributed by atoms with Crippen molar-refractivity contribution in [2.24, 2.45) is 17.6 Å². The first kappa shape index (κ1) is 32.7. The highest BCUT2D eigenvalue weighted by atomic mass is 35.5. The van der Waals surface area contributed by atoms with Crippen molar-refractivity contribution < 1.29 is 33.4 Å². The fourth-order valence-electron chi connectivity index (χ4n) is 5.48. The number of aromatic nitrogens is 1. The molecule has 15 heteroatoms. The maximum absolute atomic E-state index is 14.2. The summed E-state index contributed by atoms with van der Waals surface area (Å²) in [4.78, 5) is 59.8. The van der Waals surface area contributed by atoms with Crippen LogP contribution < -0.4 is 21.5 Å². The van der Waals surface area contributed by atoms with Crippen LogP contribution in [0.25, 0.3) is 0 Å². The number of methoxy groups -OCH3 is 1. The number of carbonyl (C=O) groups excluding carboxylic acids is 4. The molecule has 1 aromatic heterocycles. The first-order valence-electron chi connectivity index (χ1n) is 14.1. The lowest BCUT2D eigenvalue weighted by atomic mass is 9.78. The molecule has 236 valence electrons. The van der Waals surface area contributed by atoms with Gasteiger partial charge in [0.15, 0.2) is 0 Å². The van der Waals surface area contributed by atoms with Crippen LogP contribution >= 0.6 is 22.9 Å². The fraction of sp³-hybridized carbons (Fsp3) is 0.607. The highest BCUT2D eigenvalue weighted by Gasteiger charge is 2.44. The minimum Gasteiger partial charge on any atom is -0.444 e. The Morgan fingerprint density at radius 2 is 1.93 bits per heavy atom. The van der Waals surface area contributed by atoms with Crippen LogP contribution in [0.5, 0.6) is 0 Å². The van der Waals surface area contributed by atoms with Gasteiger partial charge in [-0.15, -0.1) is 0 Å². The molecule has 0 radical (unpaired) electrons. The summed E-state index contributed by atoms with van der Waals surface area (Å²) in [6.45, 7) is 7.38. The average Bonchev–Trinajstić information content (AvgIpc) is 3.40. The van der Waals surface area contributed by atoms with Crippen molar-refractivity contribution in [2.45, 2.75) is 83.2 Å². The highest BCUT2D eigenvalue weighted by Crippen LogP contribution is 2.38. The van der Waals surface area contributed by atoms with Crippen molar-refractivity contribution in [3.05, 3.63) is 34.5 Å². The van der Waals surface area contributed by atoms with E-state index in [1.54, 1.807) is 57.3 Å². The number of allylic oxidation sites excluding steroid dienone is 2. The normalized spacial score (nSPS) is 25.1. The van der Waals surface area contributed by atoms with Gasteiger partial charge < -0.3 is 24.8 Å². The van der Waals surface area contributed by atoms with E-state index < -0.39 is 47.8 Å². The average molecular weight is 639 g/mol. The predicted molar refractivity (Wildman–Crippen MR) is 160 cm³/mol. The van der Waals surface area contributed by atoms with Crippen molar-refractivity contribution in [3.8, 4) is 0 Å². The number of alkyl carbamates (subject to hydrolysis) is 1. The summed E-state index contributed by atoms with van der Waals surface area (Å²) in [5.74, 6) is -1.16. The van der Waals surface area contributed by atoms with Crippen LogP contribution in [-0.2, 0) is 23.8 Å². The number of fused-ring (bicyclic) bond motifs is 3. The third-order valence-electron chi connectivity index (χ3n) is 7.50. The van der Waals surface area contributed by atoms with Gasteiger partial charge in [-0.2, -0.15) is 0 Å². The van der Waals surface area contributed by atoms with Gasteiger partial charge in [-0.05, 0) is 51.5 Å². The fourth-order valence-corrected chi connectivity index (χ4v) is 6.65. The number of nitrogens with zero attached hydrogens (tertiary/aromatic N) is 3. The van der Waals surface area contributed by atoms with Crippen LogP contribution in [0.4, 0.5) is 14.7 Å². The Balaban J connectivity index is 1.74. The van der Waals surface area contributed by atoms with E-state index in [1.165, 1.54) is 11.3 Å². The van der Waals surface area contributed by atoms with E-state index in [4.69, 9.17) is 31.5 Å². The van der Waals surface area contributed by atoms with E-state index >= 15 is 0 Å². The molecule has 0 aromatic carbocycles. The van der Waals surface area contributed by atoms with Gasteiger partial charge in [0.25, 0.3) is 11.8 Å². The summed E-state index contributed by atoms with van der Waals surface area (Å²) in [7, 11) is 1.56. The Bertz CT molecular complexity index is 1270. The minimum absolute atomic E-state index is 0.250. The van der Waals surface area contributed by atoms with Gasteiger partial charge in [-0.3, -0.25) is 14.9 Å². The summed E-state index contributed by atoms with van der Waals surface area (Å²) in [6.07, 6.45) is 6.35. The zero-order valence-corrected chi connectivity index (χ0v) is 26.4. The molecule has 3 aliphatic rings. The zero-order chi connectivity index (χ0) is 31.5. The second-order valence-electron chi connectivity index (χ2n) is 12.0. The van der Waals surface area contributed by atoms with Crippen LogP contribution in [0.3, 0.4) is 0 Å². The molecule has 3 heterocycles. The van der Waals surface area contributed by atoms with Gasteiger partial charge in [-0.1, -0.05) is 48.8 Å². The number of hydrogen-bond donors (Lipinski definition) is 3. The van der Waals surface area contributed by atoms with Crippen molar-refractivity contribution in [1.82, 2.24) is 20.6 Å². The number of anilines is 1. The lowest BCUT2D eigenvalue weighted by Gasteiger charge is -2.41. The molecule has 0 saturated heterocycles. The molecule has 2 unspecified atom stereocenters. The molecular weight excluding hydrogens is 600 g/mol. The zero-order valence-electron chi connectivity index (χ0n) is 24.9. The number of thiazole rings is 1. The highest BCUT2D eigenvalue weighted by molar-refractivity contribution is 7.15. The van der Waals surface area contributed by atoms with E-state index in [1.807, 2.05) is 0 Å². The van der Waals surface area contributed by atoms with Gasteiger partial charge in [0, 0.05) is 19.5 Å². The number of imide groups is 1. The topological polar surface area (TPSA) is 165 Å². The molecule has 1 fully saturated rings. The molecule has 4 amide bonds. The Morgan fingerprint density at radius 1 is 1.23 bits per heavy atom. The molecule has 13 nitrogen and oxygen atoms in total. The van der Waals surface area contributed by atoms with Gasteiger partial charge in [0.05, 0.1) is 22.6 Å². The van der Waals surface area contributed by atoms with Gasteiger partial charge in [-0.25, -0.2) is 25.0 Å². The quantitative estimate of drug-likeness (QED) is 0.382. The number of nitrogens with two attached hydrogens (primary N) is 1. The number of hydrazine groups is 1. The molecule has 0 spiro atoms. The number of amides is 4. The van der Waals surface area contributed by atoms with E-state index in [0.29, 0.717) is 23.8 Å². The summed E-state index contributed by atoms with van der Waals surface area (Å²) in [5.41, 5.74) is 7.58. The third-order valence-corrected chi connectivity index (χ3v) is 8.81. The van der Waals surface area contributed by atoms with Crippen LogP contribution in [0.15, 0.2) is 29.6 Å². The standard InChI is InChI=1S/C28H39ClN6O7S/c1-15-6-8-16(9-7-15)22(41-25(30)38)21(23(36)32-27(39)42-28(2,3)4)33-35-24(37)18-11-10-17(29)13-34(18)19(14-40-5)20-12-31-26(35)43-20/h10-13,15-16,18-19,21-22,33H,6-9,14H2,1-5H3,(H2,30,38)(H,32,36,39)/t15?,16?,18-,19-,21?,22?/m1/s1. The van der Waals surface area contributed by atoms with Crippen molar-refractivity contribution in [1.29, 1.82) is 0 Å². The summed E-state index contributed by atoms with van der Waals surface area (Å²) in [6, 6.07) is -2.61. The van der Waals surface area contributed by atoms with Crippen molar-refractivity contribution in [2.75, 3.05) is 18.7 Å². The van der Waals surface area contributed by atoms with Crippen LogP contribution in [0, 0.1) is 11.8 Å². The molecule has 4 atom stereocenters. The number of carbonyl (C=O) groups is 4. The molecule has 1 saturated carbocycles. The Kier molecular flexibility index (Phi) is 10.4. The Labute approximate surface area is 259 Å². The smallest absolute Gasteiger partial charge is 0.414 e. The largest absolute Gasteiger partial charge is 0.444 e. The Hall–Kier alpha value is -3.20. The predicted octanol–water partition coefficient (Wildman–Crippen LogP) is 3.71. The minimum atomic E-state index is -1.41. The van der Waals surface area contributed by atoms with E-state index in [0.717, 1.165) is 22.7 Å². The molecule has 4 rings (SSSR count). The lowest BCUT2D eigenvalue weighted by Crippen LogP contribution is -2.64. The Morgan fingerprint density at radius 3 is 2.56 bits per heavy atom. The maximum atomic E-state index is 14.2. The molecular formula is C28H39ClN6O7S. The first-order chi connectivity index (χ1) is 20.3. The molecule has 2 aliphatic heterocycles. The monoisotopic (exact) mass is 638 g/mol. The number of primary amides is 1. The van der Waals surface area contributed by atoms with Crippen LogP contribution in [0.1, 0.15) is 64.3 Å². The van der Waals surface area contributed by atoms with Crippen LogP contribution in [-0.4, -0.2) is 71.4 Å². The molecule has 2 bridgehead atoms. The number of halogens is 1.